The van der Waals surface area contributed by atoms with E-state index in [2.05, 4.69) is 0 Å². The van der Waals surface area contributed by atoms with E-state index in [0.29, 0.717) is 0 Å². The Balaban J connectivity index is 2.63. The summed E-state index contributed by atoms with van der Waals surface area (Å²) in [5.41, 5.74) is 10.4. The van der Waals surface area contributed by atoms with Crippen molar-refractivity contribution in [3.8, 4) is 0 Å². The SMILES string of the molecule is NC(N)CC[SiH3]. The van der Waals surface area contributed by atoms with Crippen molar-refractivity contribution in [3.63, 3.8) is 0 Å². The summed E-state index contributed by atoms with van der Waals surface area (Å²) in [6, 6.07) is 1.22. The van der Waals surface area contributed by atoms with Crippen LogP contribution in [0.15, 0.2) is 0 Å². The van der Waals surface area contributed by atoms with Crippen LogP contribution in [0.25, 0.3) is 0 Å². The molecule has 0 rings (SSSR count). The second kappa shape index (κ2) is 3.33. The van der Waals surface area contributed by atoms with Crippen LogP contribution in [0.1, 0.15) is 6.42 Å². The van der Waals surface area contributed by atoms with Crippen LogP contribution in [-0.2, 0) is 0 Å². The van der Waals surface area contributed by atoms with Gasteiger partial charge in [0.2, 0.25) is 0 Å². The van der Waals surface area contributed by atoms with Crippen LogP contribution in [0.3, 0.4) is 0 Å². The summed E-state index contributed by atoms with van der Waals surface area (Å²) in [6.45, 7) is 0. The van der Waals surface area contributed by atoms with Gasteiger partial charge in [-0.2, -0.15) is 0 Å². The Kier molecular flexibility index (Phi) is 3.41. The van der Waals surface area contributed by atoms with E-state index in [1.165, 1.54) is 16.3 Å². The van der Waals surface area contributed by atoms with Crippen molar-refractivity contribution >= 4 is 10.2 Å². The Hall–Kier alpha value is 0.137. The first-order chi connectivity index (χ1) is 2.77. The molecule has 4 N–H and O–H groups in total. The molecule has 0 aromatic rings. The summed E-state index contributed by atoms with van der Waals surface area (Å²) in [4.78, 5) is 0. The molecule has 0 saturated heterocycles. The van der Waals surface area contributed by atoms with Gasteiger partial charge in [0.05, 0.1) is 6.17 Å². The molecule has 0 aromatic heterocycles. The number of hydrogen-bond donors (Lipinski definition) is 2. The summed E-state index contributed by atoms with van der Waals surface area (Å²) in [5, 5.41) is 0. The highest BCUT2D eigenvalue weighted by Gasteiger charge is 1.85. The van der Waals surface area contributed by atoms with E-state index in [-0.39, 0.29) is 6.17 Å². The lowest BCUT2D eigenvalue weighted by atomic mass is 10.4. The van der Waals surface area contributed by atoms with Crippen molar-refractivity contribution in [2.45, 2.75) is 18.6 Å². The van der Waals surface area contributed by atoms with Gasteiger partial charge in [-0.15, -0.1) is 0 Å². The van der Waals surface area contributed by atoms with Crippen molar-refractivity contribution < 1.29 is 0 Å². The molecule has 0 spiro atoms. The van der Waals surface area contributed by atoms with E-state index in [4.69, 9.17) is 11.5 Å². The molecular formula is C3H12N2Si. The van der Waals surface area contributed by atoms with E-state index in [1.54, 1.807) is 0 Å². The van der Waals surface area contributed by atoms with Gasteiger partial charge in [0, 0.05) is 10.2 Å². The van der Waals surface area contributed by atoms with E-state index in [9.17, 15) is 0 Å². The zero-order valence-corrected chi connectivity index (χ0v) is 6.15. The molecular weight excluding hydrogens is 92.1 g/mol. The minimum absolute atomic E-state index is 0.0671. The van der Waals surface area contributed by atoms with Gasteiger partial charge in [-0.1, -0.05) is 6.04 Å². The Labute approximate surface area is 41.3 Å². The van der Waals surface area contributed by atoms with Crippen LogP contribution >= 0.6 is 0 Å². The minimum atomic E-state index is -0.0671. The first-order valence-corrected chi connectivity index (χ1v) is 3.70. The maximum absolute atomic E-state index is 5.20. The summed E-state index contributed by atoms with van der Waals surface area (Å²) < 4.78 is 0. The highest BCUT2D eigenvalue weighted by molar-refractivity contribution is 6.08. The molecule has 0 aromatic carbocycles. The molecule has 0 aliphatic heterocycles. The van der Waals surface area contributed by atoms with E-state index in [0.717, 1.165) is 6.42 Å². The quantitative estimate of drug-likeness (QED) is 0.327. The lowest BCUT2D eigenvalue weighted by molar-refractivity contribution is 0.681. The van der Waals surface area contributed by atoms with Gasteiger partial charge in [0.25, 0.3) is 0 Å². The number of hydrogen-bond acceptors (Lipinski definition) is 2. The van der Waals surface area contributed by atoms with Gasteiger partial charge in [-0.25, -0.2) is 0 Å². The van der Waals surface area contributed by atoms with Crippen molar-refractivity contribution in [2.75, 3.05) is 0 Å². The number of nitrogens with two attached hydrogens (primary N) is 2. The zero-order valence-electron chi connectivity index (χ0n) is 4.15. The fourth-order valence-corrected chi connectivity index (χ4v) is 1.00. The Morgan fingerprint density at radius 3 is 2.00 bits per heavy atom. The molecule has 6 heavy (non-hydrogen) atoms. The molecule has 0 bridgehead atoms. The molecule has 38 valence electrons. The smallest absolute Gasteiger partial charge is 0.0517 e. The Bertz CT molecular complexity index is 30.0. The molecule has 0 aliphatic carbocycles. The summed E-state index contributed by atoms with van der Waals surface area (Å²) in [5.74, 6) is 0. The third-order valence-corrected chi connectivity index (χ3v) is 1.20. The van der Waals surface area contributed by atoms with Crippen molar-refractivity contribution in [1.29, 1.82) is 0 Å². The van der Waals surface area contributed by atoms with Crippen molar-refractivity contribution in [2.24, 2.45) is 11.5 Å². The van der Waals surface area contributed by atoms with Crippen molar-refractivity contribution in [3.05, 3.63) is 0 Å². The second-order valence-electron chi connectivity index (χ2n) is 1.45. The molecule has 3 heteroatoms. The third kappa shape index (κ3) is 4.14. The molecule has 0 heterocycles. The lowest BCUT2D eigenvalue weighted by Crippen LogP contribution is -2.29. The third-order valence-electron chi connectivity index (χ3n) is 0.622. The van der Waals surface area contributed by atoms with Gasteiger partial charge >= 0.3 is 0 Å². The van der Waals surface area contributed by atoms with Gasteiger partial charge in [-0.05, 0) is 6.42 Å². The van der Waals surface area contributed by atoms with Gasteiger partial charge in [0.1, 0.15) is 0 Å². The molecule has 0 aliphatic rings. The maximum atomic E-state index is 5.20. The summed E-state index contributed by atoms with van der Waals surface area (Å²) >= 11 is 0. The Morgan fingerprint density at radius 2 is 2.00 bits per heavy atom. The van der Waals surface area contributed by atoms with Crippen LogP contribution in [-0.4, -0.2) is 16.4 Å². The van der Waals surface area contributed by atoms with E-state index < -0.39 is 0 Å². The van der Waals surface area contributed by atoms with Crippen LogP contribution in [0.5, 0.6) is 0 Å². The summed E-state index contributed by atoms with van der Waals surface area (Å²) in [7, 11) is 1.23. The monoisotopic (exact) mass is 104 g/mol. The predicted octanol–water partition coefficient (Wildman–Crippen LogP) is -1.60. The largest absolute Gasteiger partial charge is 0.316 e. The number of rotatable bonds is 2. The molecule has 0 amide bonds. The normalized spacial score (nSPS) is 10.5. The average molecular weight is 104 g/mol. The first-order valence-electron chi connectivity index (χ1n) is 2.28. The molecule has 0 fully saturated rings. The molecule has 0 saturated carbocycles. The fraction of sp³-hybridized carbons (Fsp3) is 1.00. The van der Waals surface area contributed by atoms with Crippen molar-refractivity contribution in [1.82, 2.24) is 0 Å². The molecule has 2 nitrogen and oxygen atoms in total. The van der Waals surface area contributed by atoms with Crippen LogP contribution in [0.4, 0.5) is 0 Å². The minimum Gasteiger partial charge on any atom is -0.316 e. The van der Waals surface area contributed by atoms with Gasteiger partial charge in [0.15, 0.2) is 0 Å². The van der Waals surface area contributed by atoms with Crippen LogP contribution in [0.2, 0.25) is 6.04 Å². The highest BCUT2D eigenvalue weighted by atomic mass is 28.1. The first kappa shape index (κ1) is 6.14. The van der Waals surface area contributed by atoms with Crippen LogP contribution in [0, 0.1) is 0 Å². The molecule has 0 unspecified atom stereocenters. The zero-order chi connectivity index (χ0) is 4.99. The second-order valence-corrected chi connectivity index (χ2v) is 2.45. The lowest BCUT2D eigenvalue weighted by Gasteiger charge is -1.97. The summed E-state index contributed by atoms with van der Waals surface area (Å²) in [6.07, 6.45) is 0.925. The Morgan fingerprint density at radius 1 is 1.50 bits per heavy atom. The van der Waals surface area contributed by atoms with Crippen LogP contribution < -0.4 is 11.5 Å². The topological polar surface area (TPSA) is 52.0 Å². The predicted molar refractivity (Wildman–Crippen MR) is 31.5 cm³/mol. The molecule has 0 radical (unpaired) electrons. The standard InChI is InChI=1S/C3H12N2Si/c4-3(5)1-2-6/h3H,1-2,4-5H2,6H3. The van der Waals surface area contributed by atoms with Gasteiger partial charge in [-0.3, -0.25) is 0 Å². The average Bonchev–Trinajstić information content (AvgIpc) is 1.35. The van der Waals surface area contributed by atoms with Gasteiger partial charge < -0.3 is 11.5 Å². The highest BCUT2D eigenvalue weighted by Crippen LogP contribution is 1.80. The maximum Gasteiger partial charge on any atom is 0.0517 e. The fourth-order valence-electron chi connectivity index (χ4n) is 0.333. The molecule has 0 atom stereocenters. The van der Waals surface area contributed by atoms with E-state index in [1.807, 2.05) is 0 Å². The van der Waals surface area contributed by atoms with E-state index >= 15 is 0 Å².